The molecule has 10 nitrogen and oxygen atoms in total. The normalized spacial score (nSPS) is 20.1. The summed E-state index contributed by atoms with van der Waals surface area (Å²) in [4.78, 5) is 22.6. The fraction of sp³-hybridized carbons (Fsp3) is 0.237. The maximum absolute atomic E-state index is 13.7. The number of benzene rings is 4. The van der Waals surface area contributed by atoms with Crippen molar-refractivity contribution in [1.29, 1.82) is 0 Å². The zero-order valence-corrected chi connectivity index (χ0v) is 26.9. The summed E-state index contributed by atoms with van der Waals surface area (Å²) in [6, 6.07) is 29.8. The average molecular weight is 647 g/mol. The first-order valence-electron chi connectivity index (χ1n) is 15.5. The summed E-state index contributed by atoms with van der Waals surface area (Å²) >= 11 is 0. The van der Waals surface area contributed by atoms with Crippen molar-refractivity contribution < 1.29 is 38.3 Å². The minimum Gasteiger partial charge on any atom is -0.497 e. The van der Waals surface area contributed by atoms with E-state index in [9.17, 15) is 9.90 Å². The first kappa shape index (κ1) is 31.0. The molecule has 1 N–H and O–H groups in total. The van der Waals surface area contributed by atoms with Crippen LogP contribution in [0.2, 0.25) is 0 Å². The number of carbonyl (C=O) groups is 1. The molecule has 0 radical (unpaired) electrons. The Morgan fingerprint density at radius 3 is 2.19 bits per heavy atom. The molecule has 0 spiro atoms. The summed E-state index contributed by atoms with van der Waals surface area (Å²) < 4.78 is 35.6. The molecule has 0 bridgehead atoms. The molecule has 2 heterocycles. The molecule has 0 saturated heterocycles. The predicted molar refractivity (Wildman–Crippen MR) is 176 cm³/mol. The summed E-state index contributed by atoms with van der Waals surface area (Å²) in [5, 5.41) is 13.7. The number of fused-ring (bicyclic) bond motifs is 5. The van der Waals surface area contributed by atoms with E-state index in [1.165, 1.54) is 7.11 Å². The lowest BCUT2D eigenvalue weighted by atomic mass is 9.70. The second-order valence-electron chi connectivity index (χ2n) is 11.4. The second-order valence-corrected chi connectivity index (χ2v) is 11.4. The molecule has 0 unspecified atom stereocenters. The van der Waals surface area contributed by atoms with Gasteiger partial charge in [0.15, 0.2) is 23.6 Å². The highest BCUT2D eigenvalue weighted by Crippen LogP contribution is 2.71. The van der Waals surface area contributed by atoms with Crippen LogP contribution in [0.25, 0.3) is 11.4 Å². The Morgan fingerprint density at radius 1 is 0.854 bits per heavy atom. The van der Waals surface area contributed by atoms with E-state index >= 15 is 0 Å². The van der Waals surface area contributed by atoms with E-state index in [1.54, 1.807) is 33.3 Å². The van der Waals surface area contributed by atoms with Crippen molar-refractivity contribution in [3.63, 3.8) is 0 Å². The summed E-state index contributed by atoms with van der Waals surface area (Å²) in [6.07, 6.45) is 0. The van der Waals surface area contributed by atoms with Gasteiger partial charge in [0.1, 0.15) is 23.0 Å². The van der Waals surface area contributed by atoms with Crippen molar-refractivity contribution in [3.05, 3.63) is 125 Å². The number of hydrogen-bond donors (Lipinski definition) is 1. The molecule has 7 rings (SSSR count). The van der Waals surface area contributed by atoms with Gasteiger partial charge in [-0.3, -0.25) is 0 Å². The molecular weight excluding hydrogens is 612 g/mol. The predicted octanol–water partition coefficient (Wildman–Crippen LogP) is 5.78. The number of esters is 1. The lowest BCUT2D eigenvalue weighted by molar-refractivity contribution is -0.145. The van der Waals surface area contributed by atoms with Gasteiger partial charge in [0.25, 0.3) is 0 Å². The Hall–Kier alpha value is -5.61. The number of aromatic nitrogens is 2. The lowest BCUT2D eigenvalue weighted by Gasteiger charge is -2.40. The molecule has 1 aromatic heterocycles. The minimum atomic E-state index is -1.97. The van der Waals surface area contributed by atoms with E-state index in [0.29, 0.717) is 51.1 Å². The highest BCUT2D eigenvalue weighted by molar-refractivity contribution is 5.73. The van der Waals surface area contributed by atoms with Crippen LogP contribution in [-0.2, 0) is 20.7 Å². The lowest BCUT2D eigenvalue weighted by Crippen LogP contribution is -2.49. The van der Waals surface area contributed by atoms with Crippen LogP contribution in [0.15, 0.2) is 97.1 Å². The number of aliphatic hydroxyl groups is 1. The topological polar surface area (TPSA) is 118 Å². The van der Waals surface area contributed by atoms with E-state index in [-0.39, 0.29) is 18.2 Å². The number of hydrogen-bond acceptors (Lipinski definition) is 10. The molecule has 3 atom stereocenters. The molecule has 0 fully saturated rings. The van der Waals surface area contributed by atoms with Crippen LogP contribution in [0.5, 0.6) is 28.9 Å². The molecule has 4 aromatic carbocycles. The zero-order valence-electron chi connectivity index (χ0n) is 26.9. The highest BCUT2D eigenvalue weighted by atomic mass is 16.6. The van der Waals surface area contributed by atoms with E-state index < -0.39 is 29.7 Å². The van der Waals surface area contributed by atoms with Crippen molar-refractivity contribution in [1.82, 2.24) is 9.97 Å². The Balaban J connectivity index is 1.61. The van der Waals surface area contributed by atoms with Crippen LogP contribution in [0.1, 0.15) is 40.8 Å². The van der Waals surface area contributed by atoms with Crippen LogP contribution in [0.3, 0.4) is 0 Å². The second kappa shape index (κ2) is 12.2. The van der Waals surface area contributed by atoms with Crippen LogP contribution in [-0.4, -0.2) is 55.6 Å². The van der Waals surface area contributed by atoms with E-state index in [0.717, 1.165) is 5.56 Å². The fourth-order valence-corrected chi connectivity index (χ4v) is 6.94. The van der Waals surface area contributed by atoms with Gasteiger partial charge in [-0.15, -0.1) is 0 Å². The first-order chi connectivity index (χ1) is 23.4. The molecular formula is C38H34N2O8. The maximum atomic E-state index is 13.7. The monoisotopic (exact) mass is 646 g/mol. The number of nitrogens with zero attached hydrogens (tertiary/aromatic N) is 2. The molecule has 10 heteroatoms. The Labute approximate surface area is 277 Å². The van der Waals surface area contributed by atoms with Gasteiger partial charge in [0.05, 0.1) is 50.7 Å². The first-order valence-corrected chi connectivity index (χ1v) is 15.5. The van der Waals surface area contributed by atoms with E-state index in [4.69, 9.17) is 38.4 Å². The Morgan fingerprint density at radius 2 is 1.54 bits per heavy atom. The largest absolute Gasteiger partial charge is 0.497 e. The van der Waals surface area contributed by atoms with Gasteiger partial charge in [-0.2, -0.15) is 4.98 Å². The third-order valence-electron chi connectivity index (χ3n) is 8.93. The Kier molecular flexibility index (Phi) is 7.88. The molecule has 2 aliphatic rings. The maximum Gasteiger partial charge on any atom is 0.344 e. The SMILES string of the molecule is CCOC(=O)COc1nc(-c2ccccc2)nc2c1[C@@H](c1ccccc1)[C@]1(c3ccc(OC)cc3)Oc3cc(OC)cc(OC)c3[C@]21O. The molecule has 1 aliphatic carbocycles. The third kappa shape index (κ3) is 4.63. The number of methoxy groups -OCH3 is 3. The van der Waals surface area contributed by atoms with Crippen molar-refractivity contribution in [2.45, 2.75) is 24.0 Å². The van der Waals surface area contributed by atoms with E-state index in [2.05, 4.69) is 0 Å². The Bertz CT molecular complexity index is 1970. The fourth-order valence-electron chi connectivity index (χ4n) is 6.94. The zero-order chi connectivity index (χ0) is 33.5. The van der Waals surface area contributed by atoms with Crippen LogP contribution < -0.4 is 23.7 Å². The number of rotatable bonds is 10. The van der Waals surface area contributed by atoms with Gasteiger partial charge < -0.3 is 33.5 Å². The highest BCUT2D eigenvalue weighted by Gasteiger charge is 2.74. The van der Waals surface area contributed by atoms with E-state index in [1.807, 2.05) is 84.9 Å². The smallest absolute Gasteiger partial charge is 0.344 e. The molecule has 1 aliphatic heterocycles. The van der Waals surface area contributed by atoms with Gasteiger partial charge in [0.2, 0.25) is 5.88 Å². The number of ether oxygens (including phenoxy) is 6. The molecule has 0 amide bonds. The molecule has 48 heavy (non-hydrogen) atoms. The summed E-state index contributed by atoms with van der Waals surface area (Å²) in [7, 11) is 4.67. The summed E-state index contributed by atoms with van der Waals surface area (Å²) in [6.45, 7) is 1.52. The molecule has 0 saturated carbocycles. The van der Waals surface area contributed by atoms with Crippen molar-refractivity contribution in [2.75, 3.05) is 34.5 Å². The quantitative estimate of drug-likeness (QED) is 0.187. The van der Waals surface area contributed by atoms with Gasteiger partial charge in [0, 0.05) is 23.3 Å². The van der Waals surface area contributed by atoms with Gasteiger partial charge in [-0.1, -0.05) is 72.8 Å². The standard InChI is InChI=1S/C38H34N2O8/c1-5-46-30(41)22-47-36-31-32(23-12-8-6-9-13-23)38(25-16-18-26(43-2)19-17-25)37(42,33-28(45-4)20-27(44-3)21-29(33)48-38)34(31)39-35(40-36)24-14-10-7-11-15-24/h6-21,32,42H,5,22H2,1-4H3/t32-,37+,38+/m1/s1. The third-order valence-corrected chi connectivity index (χ3v) is 8.93. The summed E-state index contributed by atoms with van der Waals surface area (Å²) in [5.74, 6) is 0.929. The van der Waals surface area contributed by atoms with Gasteiger partial charge in [-0.05, 0) is 24.6 Å². The molecule has 244 valence electrons. The van der Waals surface area contributed by atoms with Crippen LogP contribution >= 0.6 is 0 Å². The van der Waals surface area contributed by atoms with Crippen molar-refractivity contribution in [3.8, 4) is 40.3 Å². The van der Waals surface area contributed by atoms with Gasteiger partial charge >= 0.3 is 5.97 Å². The van der Waals surface area contributed by atoms with Gasteiger partial charge in [-0.25, -0.2) is 9.78 Å². The molecule has 5 aromatic rings. The average Bonchev–Trinajstić information content (AvgIpc) is 3.53. The summed E-state index contributed by atoms with van der Waals surface area (Å²) in [5.41, 5.74) is -0.349. The van der Waals surface area contributed by atoms with Crippen molar-refractivity contribution >= 4 is 5.97 Å². The number of carbonyl (C=O) groups excluding carboxylic acids is 1. The van der Waals surface area contributed by atoms with Crippen LogP contribution in [0.4, 0.5) is 0 Å². The van der Waals surface area contributed by atoms with Crippen LogP contribution in [0, 0.1) is 0 Å². The minimum absolute atomic E-state index is 0.120. The van der Waals surface area contributed by atoms with Crippen molar-refractivity contribution in [2.24, 2.45) is 0 Å².